The molecule has 2 atom stereocenters. The summed E-state index contributed by atoms with van der Waals surface area (Å²) < 4.78 is 5.29. The van der Waals surface area contributed by atoms with Crippen LogP contribution in [0.5, 0.6) is 0 Å². The number of benzene rings is 1. The van der Waals surface area contributed by atoms with Crippen LogP contribution in [0, 0.1) is 13.8 Å². The summed E-state index contributed by atoms with van der Waals surface area (Å²) in [5.74, 6) is -1.22. The normalized spacial score (nSPS) is 22.7. The molecule has 5 heteroatoms. The molecule has 0 radical (unpaired) electrons. The van der Waals surface area contributed by atoms with Crippen molar-refractivity contribution in [1.82, 2.24) is 4.90 Å². The molecule has 1 aliphatic rings. The van der Waals surface area contributed by atoms with Gasteiger partial charge in [-0.15, -0.1) is 0 Å². The lowest BCUT2D eigenvalue weighted by Gasteiger charge is -2.42. The summed E-state index contributed by atoms with van der Waals surface area (Å²) in [7, 11) is 0. The van der Waals surface area contributed by atoms with E-state index in [0.29, 0.717) is 0 Å². The molecule has 1 aromatic carbocycles. The number of carbonyl (C=O) groups excluding carboxylic acids is 1. The Bertz CT molecular complexity index is 567. The Balaban J connectivity index is 2.54. The van der Waals surface area contributed by atoms with E-state index in [1.165, 1.54) is 0 Å². The summed E-state index contributed by atoms with van der Waals surface area (Å²) in [5, 5.41) is 9.44. The van der Waals surface area contributed by atoms with Crippen molar-refractivity contribution >= 4 is 11.9 Å². The van der Waals surface area contributed by atoms with Crippen molar-refractivity contribution in [2.24, 2.45) is 0 Å². The van der Waals surface area contributed by atoms with Crippen molar-refractivity contribution in [2.45, 2.75) is 45.9 Å². The van der Waals surface area contributed by atoms with Crippen molar-refractivity contribution in [3.05, 3.63) is 34.9 Å². The number of carboxylic acid groups (broad SMARTS) is 1. The van der Waals surface area contributed by atoms with Crippen molar-refractivity contribution < 1.29 is 19.4 Å². The monoisotopic (exact) mass is 291 g/mol. The number of hydrogen-bond donors (Lipinski definition) is 1. The first kappa shape index (κ1) is 15.5. The maximum absolute atomic E-state index is 12.2. The SMILES string of the molecule is Cc1ccc(C2C(C(=O)O)OCC(=O)N2C(C)C)c(C)c1. The van der Waals surface area contributed by atoms with Gasteiger partial charge in [0.1, 0.15) is 6.61 Å². The van der Waals surface area contributed by atoms with E-state index in [1.807, 2.05) is 45.9 Å². The maximum atomic E-state index is 12.2. The van der Waals surface area contributed by atoms with Gasteiger partial charge in [-0.2, -0.15) is 0 Å². The standard InChI is InChI=1S/C16H21NO4/c1-9(2)17-13(18)8-21-15(16(19)20)14(17)12-6-5-10(3)7-11(12)4/h5-7,9,14-15H,8H2,1-4H3,(H,19,20). The quantitative estimate of drug-likeness (QED) is 0.925. The van der Waals surface area contributed by atoms with Gasteiger partial charge in [-0.25, -0.2) is 4.79 Å². The van der Waals surface area contributed by atoms with Gasteiger partial charge in [0, 0.05) is 6.04 Å². The molecule has 2 unspecified atom stereocenters. The van der Waals surface area contributed by atoms with Gasteiger partial charge >= 0.3 is 5.97 Å². The fraction of sp³-hybridized carbons (Fsp3) is 0.500. The highest BCUT2D eigenvalue weighted by atomic mass is 16.5. The van der Waals surface area contributed by atoms with E-state index in [1.54, 1.807) is 4.90 Å². The van der Waals surface area contributed by atoms with Crippen LogP contribution >= 0.6 is 0 Å². The van der Waals surface area contributed by atoms with Crippen LogP contribution in [0.15, 0.2) is 18.2 Å². The number of aliphatic carboxylic acids is 1. The van der Waals surface area contributed by atoms with Crippen molar-refractivity contribution in [2.75, 3.05) is 6.61 Å². The molecule has 114 valence electrons. The fourth-order valence-electron chi connectivity index (χ4n) is 2.91. The minimum atomic E-state index is -1.04. The highest BCUT2D eigenvalue weighted by Gasteiger charge is 2.43. The largest absolute Gasteiger partial charge is 0.479 e. The Morgan fingerprint density at radius 1 is 1.38 bits per heavy atom. The molecule has 1 aliphatic heterocycles. The third-order valence-electron chi connectivity index (χ3n) is 3.80. The van der Waals surface area contributed by atoms with Crippen molar-refractivity contribution in [1.29, 1.82) is 0 Å². The lowest BCUT2D eigenvalue weighted by atomic mass is 9.92. The van der Waals surface area contributed by atoms with Crippen LogP contribution in [0.3, 0.4) is 0 Å². The molecule has 1 saturated heterocycles. The molecule has 21 heavy (non-hydrogen) atoms. The van der Waals surface area contributed by atoms with E-state index < -0.39 is 18.1 Å². The van der Waals surface area contributed by atoms with Gasteiger partial charge < -0.3 is 14.7 Å². The first-order chi connectivity index (χ1) is 9.82. The first-order valence-electron chi connectivity index (χ1n) is 7.05. The minimum absolute atomic E-state index is 0.0889. The topological polar surface area (TPSA) is 66.8 Å². The number of rotatable bonds is 3. The van der Waals surface area contributed by atoms with Crippen LogP contribution in [0.25, 0.3) is 0 Å². The number of morpholine rings is 1. The van der Waals surface area contributed by atoms with Crippen molar-refractivity contribution in [3.63, 3.8) is 0 Å². The van der Waals surface area contributed by atoms with E-state index in [9.17, 15) is 14.7 Å². The fourth-order valence-corrected chi connectivity index (χ4v) is 2.91. The Kier molecular flexibility index (Phi) is 4.32. The van der Waals surface area contributed by atoms with Crippen LogP contribution in [-0.4, -0.2) is 40.6 Å². The van der Waals surface area contributed by atoms with Gasteiger partial charge in [0.05, 0.1) is 6.04 Å². The summed E-state index contributed by atoms with van der Waals surface area (Å²) in [6.45, 7) is 7.50. The van der Waals surface area contributed by atoms with E-state index in [2.05, 4.69) is 0 Å². The molecule has 1 fully saturated rings. The second-order valence-electron chi connectivity index (χ2n) is 5.77. The maximum Gasteiger partial charge on any atom is 0.335 e. The van der Waals surface area contributed by atoms with Crippen molar-refractivity contribution in [3.8, 4) is 0 Å². The summed E-state index contributed by atoms with van der Waals surface area (Å²) in [4.78, 5) is 25.3. The Morgan fingerprint density at radius 3 is 2.57 bits per heavy atom. The number of aryl methyl sites for hydroxylation is 2. The number of ether oxygens (including phenoxy) is 1. The van der Waals surface area contributed by atoms with Crippen LogP contribution in [0.1, 0.15) is 36.6 Å². The molecule has 1 amide bonds. The molecule has 1 heterocycles. The number of amides is 1. The third-order valence-corrected chi connectivity index (χ3v) is 3.80. The highest BCUT2D eigenvalue weighted by molar-refractivity contribution is 5.83. The predicted octanol–water partition coefficient (Wildman–Crippen LogP) is 2.06. The van der Waals surface area contributed by atoms with Gasteiger partial charge in [-0.3, -0.25) is 4.79 Å². The Morgan fingerprint density at radius 2 is 2.05 bits per heavy atom. The molecular weight excluding hydrogens is 270 g/mol. The smallest absolute Gasteiger partial charge is 0.335 e. The molecular formula is C16H21NO4. The third kappa shape index (κ3) is 2.93. The number of carboxylic acids is 1. The van der Waals surface area contributed by atoms with E-state index in [0.717, 1.165) is 16.7 Å². The van der Waals surface area contributed by atoms with E-state index in [4.69, 9.17) is 4.74 Å². The molecule has 2 rings (SSSR count). The highest BCUT2D eigenvalue weighted by Crippen LogP contribution is 2.34. The van der Waals surface area contributed by atoms with Gasteiger partial charge in [-0.05, 0) is 38.8 Å². The minimum Gasteiger partial charge on any atom is -0.479 e. The van der Waals surface area contributed by atoms with Gasteiger partial charge in [0.15, 0.2) is 6.10 Å². The molecule has 0 aromatic heterocycles. The Hall–Kier alpha value is -1.88. The molecule has 0 bridgehead atoms. The number of hydrogen-bond acceptors (Lipinski definition) is 3. The lowest BCUT2D eigenvalue weighted by molar-refractivity contribution is -0.175. The molecule has 0 saturated carbocycles. The van der Waals surface area contributed by atoms with Gasteiger partial charge in [-0.1, -0.05) is 23.8 Å². The molecule has 5 nitrogen and oxygen atoms in total. The molecule has 0 aliphatic carbocycles. The zero-order chi connectivity index (χ0) is 15.7. The van der Waals surface area contributed by atoms with E-state index in [-0.39, 0.29) is 18.6 Å². The molecule has 1 aromatic rings. The predicted molar refractivity (Wildman–Crippen MR) is 78.0 cm³/mol. The van der Waals surface area contributed by atoms with Crippen LogP contribution in [0.2, 0.25) is 0 Å². The first-order valence-corrected chi connectivity index (χ1v) is 7.05. The summed E-state index contributed by atoms with van der Waals surface area (Å²) in [5.41, 5.74) is 2.90. The molecule has 0 spiro atoms. The number of carbonyl (C=O) groups is 2. The summed E-state index contributed by atoms with van der Waals surface area (Å²) in [6.07, 6.45) is -1.04. The zero-order valence-electron chi connectivity index (χ0n) is 12.8. The zero-order valence-corrected chi connectivity index (χ0v) is 12.8. The van der Waals surface area contributed by atoms with Crippen LogP contribution in [0.4, 0.5) is 0 Å². The number of nitrogens with zero attached hydrogens (tertiary/aromatic N) is 1. The van der Waals surface area contributed by atoms with Gasteiger partial charge in [0.25, 0.3) is 0 Å². The average Bonchev–Trinajstić information content (AvgIpc) is 2.37. The van der Waals surface area contributed by atoms with Gasteiger partial charge in [0.2, 0.25) is 5.91 Å². The Labute approximate surface area is 124 Å². The van der Waals surface area contributed by atoms with Crippen LogP contribution < -0.4 is 0 Å². The summed E-state index contributed by atoms with van der Waals surface area (Å²) in [6, 6.07) is 5.13. The second-order valence-corrected chi connectivity index (χ2v) is 5.77. The van der Waals surface area contributed by atoms with Crippen LogP contribution in [-0.2, 0) is 14.3 Å². The lowest BCUT2D eigenvalue weighted by Crippen LogP contribution is -2.54. The average molecular weight is 291 g/mol. The van der Waals surface area contributed by atoms with E-state index >= 15 is 0 Å². The second kappa shape index (κ2) is 5.85. The summed E-state index contributed by atoms with van der Waals surface area (Å²) >= 11 is 0. The molecule has 1 N–H and O–H groups in total.